The van der Waals surface area contributed by atoms with Gasteiger partial charge >= 0.3 is 0 Å². The van der Waals surface area contributed by atoms with E-state index in [2.05, 4.69) is 9.80 Å². The summed E-state index contributed by atoms with van der Waals surface area (Å²) >= 11 is 0. The van der Waals surface area contributed by atoms with Crippen molar-refractivity contribution in [1.29, 1.82) is 5.26 Å². The zero-order chi connectivity index (χ0) is 18.1. The van der Waals surface area contributed by atoms with Crippen LogP contribution in [0, 0.1) is 22.6 Å². The van der Waals surface area contributed by atoms with Crippen LogP contribution >= 0.6 is 0 Å². The molecular weight excluding hydrogens is 333 g/mol. The third kappa shape index (κ3) is 2.95. The van der Waals surface area contributed by atoms with Crippen molar-refractivity contribution in [2.45, 2.75) is 38.1 Å². The third-order valence-corrected chi connectivity index (χ3v) is 6.19. The van der Waals surface area contributed by atoms with Crippen molar-refractivity contribution in [3.05, 3.63) is 29.6 Å². The van der Waals surface area contributed by atoms with Gasteiger partial charge in [-0.1, -0.05) is 0 Å². The molecule has 1 spiro atoms. The van der Waals surface area contributed by atoms with Gasteiger partial charge in [-0.2, -0.15) is 5.26 Å². The number of carbonyl (C=O) groups is 1. The lowest BCUT2D eigenvalue weighted by molar-refractivity contribution is -0.139. The number of anilines is 1. The standard InChI is InChI=1S/C20H24FN3O2/c21-18-12-17(3-2-15(18)13-22)23-8-1-6-20(14-23)7-9-24(19(20)25)16-4-10-26-11-5-16/h2-3,12,16H,1,4-11,14H2/t20-/m1/s1. The zero-order valence-electron chi connectivity index (χ0n) is 14.9. The van der Waals surface area contributed by atoms with Crippen LogP contribution < -0.4 is 4.90 Å². The van der Waals surface area contributed by atoms with Crippen molar-refractivity contribution in [2.24, 2.45) is 5.41 Å². The van der Waals surface area contributed by atoms with E-state index in [0.717, 1.165) is 64.1 Å². The Kier molecular flexibility index (Phi) is 4.58. The molecule has 5 nitrogen and oxygen atoms in total. The zero-order valence-corrected chi connectivity index (χ0v) is 14.9. The fourth-order valence-electron chi connectivity index (χ4n) is 4.71. The smallest absolute Gasteiger partial charge is 0.230 e. The van der Waals surface area contributed by atoms with Crippen molar-refractivity contribution in [2.75, 3.05) is 37.7 Å². The molecule has 1 aromatic rings. The number of benzene rings is 1. The van der Waals surface area contributed by atoms with Gasteiger partial charge in [0.15, 0.2) is 0 Å². The van der Waals surface area contributed by atoms with E-state index in [1.54, 1.807) is 6.07 Å². The normalized spacial score (nSPS) is 27.2. The Morgan fingerprint density at radius 1 is 1.23 bits per heavy atom. The van der Waals surface area contributed by atoms with Gasteiger partial charge in [-0.25, -0.2) is 4.39 Å². The molecule has 0 aliphatic carbocycles. The summed E-state index contributed by atoms with van der Waals surface area (Å²) in [5.74, 6) is -0.227. The fourth-order valence-corrected chi connectivity index (χ4v) is 4.71. The van der Waals surface area contributed by atoms with E-state index in [1.807, 2.05) is 6.07 Å². The number of amides is 1. The lowest BCUT2D eigenvalue weighted by atomic mass is 9.78. The molecule has 0 aromatic heterocycles. The number of hydrogen-bond donors (Lipinski definition) is 0. The fraction of sp³-hybridized carbons (Fsp3) is 0.600. The second-order valence-corrected chi connectivity index (χ2v) is 7.67. The predicted octanol–water partition coefficient (Wildman–Crippen LogP) is 2.70. The van der Waals surface area contributed by atoms with Crippen molar-refractivity contribution >= 4 is 11.6 Å². The van der Waals surface area contributed by atoms with Gasteiger partial charge < -0.3 is 14.5 Å². The van der Waals surface area contributed by atoms with Gasteiger partial charge in [-0.15, -0.1) is 0 Å². The van der Waals surface area contributed by atoms with Crippen LogP contribution in [-0.4, -0.2) is 49.7 Å². The van der Waals surface area contributed by atoms with Crippen LogP contribution in [0.3, 0.4) is 0 Å². The van der Waals surface area contributed by atoms with E-state index in [4.69, 9.17) is 10.00 Å². The van der Waals surface area contributed by atoms with Crippen LogP contribution in [-0.2, 0) is 9.53 Å². The molecule has 26 heavy (non-hydrogen) atoms. The Bertz CT molecular complexity index is 741. The molecule has 0 N–H and O–H groups in total. The molecule has 3 saturated heterocycles. The molecule has 3 heterocycles. The Labute approximate surface area is 153 Å². The molecule has 4 rings (SSSR count). The van der Waals surface area contributed by atoms with Crippen molar-refractivity contribution in [3.8, 4) is 6.07 Å². The maximum absolute atomic E-state index is 14.0. The highest BCUT2D eigenvalue weighted by Crippen LogP contribution is 2.43. The van der Waals surface area contributed by atoms with Crippen LogP contribution in [0.15, 0.2) is 18.2 Å². The van der Waals surface area contributed by atoms with Crippen molar-refractivity contribution in [3.63, 3.8) is 0 Å². The first kappa shape index (κ1) is 17.3. The number of ether oxygens (including phenoxy) is 1. The maximum Gasteiger partial charge on any atom is 0.230 e. The summed E-state index contributed by atoms with van der Waals surface area (Å²) in [5, 5.41) is 8.91. The van der Waals surface area contributed by atoms with Crippen LogP contribution in [0.5, 0.6) is 0 Å². The second kappa shape index (κ2) is 6.88. The first-order valence-electron chi connectivity index (χ1n) is 9.46. The van der Waals surface area contributed by atoms with Crippen LogP contribution in [0.2, 0.25) is 0 Å². The van der Waals surface area contributed by atoms with E-state index < -0.39 is 5.82 Å². The first-order valence-corrected chi connectivity index (χ1v) is 9.46. The molecule has 3 aliphatic heterocycles. The number of hydrogen-bond acceptors (Lipinski definition) is 4. The van der Waals surface area contributed by atoms with Crippen LogP contribution in [0.4, 0.5) is 10.1 Å². The number of nitrogens with zero attached hydrogens (tertiary/aromatic N) is 3. The van der Waals surface area contributed by atoms with Gasteiger partial charge in [0, 0.05) is 44.6 Å². The molecule has 3 aliphatic rings. The molecule has 0 saturated carbocycles. The van der Waals surface area contributed by atoms with E-state index >= 15 is 0 Å². The Balaban J connectivity index is 1.52. The number of rotatable bonds is 2. The van der Waals surface area contributed by atoms with Crippen LogP contribution in [0.25, 0.3) is 0 Å². The predicted molar refractivity (Wildman–Crippen MR) is 95.2 cm³/mol. The Hall–Kier alpha value is -2.13. The minimum atomic E-state index is -0.494. The lowest BCUT2D eigenvalue weighted by Crippen LogP contribution is -2.50. The maximum atomic E-state index is 14.0. The summed E-state index contributed by atoms with van der Waals surface area (Å²) in [5.41, 5.74) is 0.474. The SMILES string of the molecule is N#Cc1ccc(N2CCC[C@@]3(CCN(C4CCOCC4)C3=O)C2)cc1F. The number of halogens is 1. The minimum absolute atomic E-state index is 0.0584. The summed E-state index contributed by atoms with van der Waals surface area (Å²) in [6.45, 7) is 3.74. The van der Waals surface area contributed by atoms with Gasteiger partial charge in [0.1, 0.15) is 11.9 Å². The van der Waals surface area contributed by atoms with Crippen molar-refractivity contribution < 1.29 is 13.9 Å². The monoisotopic (exact) mass is 357 g/mol. The highest BCUT2D eigenvalue weighted by Gasteiger charge is 2.50. The second-order valence-electron chi connectivity index (χ2n) is 7.67. The molecule has 0 unspecified atom stereocenters. The van der Waals surface area contributed by atoms with Gasteiger partial charge in [-0.3, -0.25) is 4.79 Å². The Morgan fingerprint density at radius 2 is 2.04 bits per heavy atom. The summed E-state index contributed by atoms with van der Waals surface area (Å²) < 4.78 is 19.5. The average Bonchev–Trinajstić information content (AvgIpc) is 2.98. The quantitative estimate of drug-likeness (QED) is 0.817. The number of carbonyl (C=O) groups excluding carboxylic acids is 1. The highest BCUT2D eigenvalue weighted by molar-refractivity contribution is 5.86. The summed E-state index contributed by atoms with van der Waals surface area (Å²) in [6.07, 6.45) is 4.55. The van der Waals surface area contributed by atoms with E-state index in [9.17, 15) is 9.18 Å². The average molecular weight is 357 g/mol. The molecular formula is C20H24FN3O2. The van der Waals surface area contributed by atoms with E-state index in [1.165, 1.54) is 12.1 Å². The summed E-state index contributed by atoms with van der Waals surface area (Å²) in [7, 11) is 0. The molecule has 6 heteroatoms. The Morgan fingerprint density at radius 3 is 2.77 bits per heavy atom. The van der Waals surface area contributed by atoms with Gasteiger partial charge in [0.05, 0.1) is 11.0 Å². The molecule has 138 valence electrons. The van der Waals surface area contributed by atoms with Gasteiger partial charge in [0.2, 0.25) is 5.91 Å². The number of piperidine rings is 1. The van der Waals surface area contributed by atoms with Crippen LogP contribution in [0.1, 0.15) is 37.7 Å². The van der Waals surface area contributed by atoms with E-state index in [0.29, 0.717) is 12.6 Å². The molecule has 3 fully saturated rings. The molecule has 0 bridgehead atoms. The molecule has 1 atom stereocenters. The van der Waals surface area contributed by atoms with Gasteiger partial charge in [-0.05, 0) is 50.3 Å². The van der Waals surface area contributed by atoms with E-state index in [-0.39, 0.29) is 16.9 Å². The molecule has 1 amide bonds. The summed E-state index contributed by atoms with van der Waals surface area (Å²) in [4.78, 5) is 17.5. The van der Waals surface area contributed by atoms with Crippen molar-refractivity contribution in [1.82, 2.24) is 4.90 Å². The largest absolute Gasteiger partial charge is 0.381 e. The topological polar surface area (TPSA) is 56.6 Å². The summed E-state index contributed by atoms with van der Waals surface area (Å²) in [6, 6.07) is 6.90. The minimum Gasteiger partial charge on any atom is -0.381 e. The number of nitriles is 1. The molecule has 0 radical (unpaired) electrons. The first-order chi connectivity index (χ1) is 12.6. The lowest BCUT2D eigenvalue weighted by Gasteiger charge is -2.41. The van der Waals surface area contributed by atoms with Gasteiger partial charge in [0.25, 0.3) is 0 Å². The highest BCUT2D eigenvalue weighted by atomic mass is 19.1. The molecule has 1 aromatic carbocycles. The number of likely N-dealkylation sites (tertiary alicyclic amines) is 1. The third-order valence-electron chi connectivity index (χ3n) is 6.19.